The first-order chi connectivity index (χ1) is 11.0. The Morgan fingerprint density at radius 3 is 2.65 bits per heavy atom. The van der Waals surface area contributed by atoms with Gasteiger partial charge in [0, 0.05) is 6.54 Å². The summed E-state index contributed by atoms with van der Waals surface area (Å²) in [5.41, 5.74) is 1.87. The van der Waals surface area contributed by atoms with Crippen LogP contribution in [0.2, 0.25) is 0 Å². The maximum atomic E-state index is 12.3. The molecule has 0 saturated heterocycles. The monoisotopic (exact) mass is 332 g/mol. The van der Waals surface area contributed by atoms with E-state index in [1.165, 1.54) is 23.8 Å². The molecule has 0 unspecified atom stereocenters. The number of aromatic amines is 1. The second kappa shape index (κ2) is 6.39. The minimum atomic E-state index is -3.61. The zero-order valence-corrected chi connectivity index (χ0v) is 13.1. The first-order valence-electron chi connectivity index (χ1n) is 7.21. The lowest BCUT2D eigenvalue weighted by atomic mass is 10.1. The van der Waals surface area contributed by atoms with Gasteiger partial charge in [-0.1, -0.05) is 30.3 Å². The molecule has 2 N–H and O–H groups in total. The van der Waals surface area contributed by atoms with Crippen LogP contribution >= 0.6 is 0 Å². The van der Waals surface area contributed by atoms with E-state index in [1.807, 2.05) is 30.3 Å². The van der Waals surface area contributed by atoms with E-state index < -0.39 is 15.8 Å². The molecular formula is C16H16N2O4S. The van der Waals surface area contributed by atoms with Gasteiger partial charge >= 0.3 is 5.76 Å². The number of sulfonamides is 1. The molecule has 0 radical (unpaired) electrons. The molecule has 0 aliphatic rings. The van der Waals surface area contributed by atoms with Gasteiger partial charge in [-0.3, -0.25) is 4.98 Å². The molecule has 0 fully saturated rings. The molecule has 0 saturated carbocycles. The normalized spacial score (nSPS) is 11.8. The first-order valence-corrected chi connectivity index (χ1v) is 8.69. The second-order valence-electron chi connectivity index (χ2n) is 5.16. The highest BCUT2D eigenvalue weighted by Crippen LogP contribution is 2.16. The zero-order valence-electron chi connectivity index (χ0n) is 12.3. The Balaban J connectivity index is 1.64. The highest BCUT2D eigenvalue weighted by Gasteiger charge is 2.15. The van der Waals surface area contributed by atoms with Gasteiger partial charge in [-0.2, -0.15) is 0 Å². The van der Waals surface area contributed by atoms with Gasteiger partial charge in [-0.25, -0.2) is 17.9 Å². The topological polar surface area (TPSA) is 92.2 Å². The number of aryl methyl sites for hydroxylation is 1. The summed E-state index contributed by atoms with van der Waals surface area (Å²) >= 11 is 0. The van der Waals surface area contributed by atoms with Crippen molar-refractivity contribution in [3.8, 4) is 0 Å². The third-order valence-electron chi connectivity index (χ3n) is 3.48. The van der Waals surface area contributed by atoms with E-state index in [2.05, 4.69) is 9.71 Å². The second-order valence-corrected chi connectivity index (χ2v) is 6.93. The van der Waals surface area contributed by atoms with Crippen molar-refractivity contribution in [1.82, 2.24) is 9.71 Å². The van der Waals surface area contributed by atoms with Crippen molar-refractivity contribution in [2.75, 3.05) is 6.54 Å². The zero-order chi connectivity index (χ0) is 16.3. The Morgan fingerprint density at radius 1 is 1.09 bits per heavy atom. The number of H-pyrrole nitrogens is 1. The van der Waals surface area contributed by atoms with Gasteiger partial charge in [-0.05, 0) is 36.6 Å². The lowest BCUT2D eigenvalue weighted by molar-refractivity contribution is 0.555. The number of benzene rings is 2. The standard InChI is InChI=1S/C16H16N2O4S/c19-16-18-14-11-13(8-9-15(14)22-16)23(20,21)17-10-4-7-12-5-2-1-3-6-12/h1-3,5-6,8-9,11,17H,4,7,10H2,(H,18,19). The van der Waals surface area contributed by atoms with Crippen LogP contribution in [0.3, 0.4) is 0 Å². The van der Waals surface area contributed by atoms with Crippen LogP contribution in [0.1, 0.15) is 12.0 Å². The Bertz CT molecular complexity index is 958. The molecule has 0 amide bonds. The number of rotatable bonds is 6. The molecule has 120 valence electrons. The highest BCUT2D eigenvalue weighted by molar-refractivity contribution is 7.89. The summed E-state index contributed by atoms with van der Waals surface area (Å²) in [7, 11) is -3.61. The molecule has 1 aromatic heterocycles. The maximum absolute atomic E-state index is 12.3. The van der Waals surface area contributed by atoms with Crippen LogP contribution < -0.4 is 10.5 Å². The molecule has 0 bridgehead atoms. The van der Waals surface area contributed by atoms with Crippen molar-refractivity contribution >= 4 is 21.1 Å². The number of hydrogen-bond acceptors (Lipinski definition) is 4. The molecule has 1 heterocycles. The van der Waals surface area contributed by atoms with Crippen molar-refractivity contribution in [2.24, 2.45) is 0 Å². The van der Waals surface area contributed by atoms with Gasteiger partial charge in [0.15, 0.2) is 5.58 Å². The van der Waals surface area contributed by atoms with Gasteiger partial charge in [0.2, 0.25) is 10.0 Å². The third-order valence-corrected chi connectivity index (χ3v) is 4.94. The highest BCUT2D eigenvalue weighted by atomic mass is 32.2. The number of hydrogen-bond donors (Lipinski definition) is 2. The van der Waals surface area contributed by atoms with Crippen LogP contribution in [-0.4, -0.2) is 19.9 Å². The summed E-state index contributed by atoms with van der Waals surface area (Å²) in [5.74, 6) is -0.606. The number of nitrogens with one attached hydrogen (secondary N) is 2. The van der Waals surface area contributed by atoms with Gasteiger partial charge < -0.3 is 4.42 Å². The van der Waals surface area contributed by atoms with Crippen molar-refractivity contribution in [2.45, 2.75) is 17.7 Å². The average molecular weight is 332 g/mol. The van der Waals surface area contributed by atoms with E-state index in [1.54, 1.807) is 0 Å². The van der Waals surface area contributed by atoms with Gasteiger partial charge in [0.1, 0.15) is 0 Å². The Hall–Kier alpha value is -2.38. The first kappa shape index (κ1) is 15.5. The molecule has 23 heavy (non-hydrogen) atoms. The van der Waals surface area contributed by atoms with Crippen LogP contribution in [0.5, 0.6) is 0 Å². The Labute approximate surface area is 133 Å². The molecule has 0 aliphatic heterocycles. The summed E-state index contributed by atoms with van der Waals surface area (Å²) in [6.07, 6.45) is 1.51. The van der Waals surface area contributed by atoms with E-state index in [9.17, 15) is 13.2 Å². The van der Waals surface area contributed by atoms with E-state index in [4.69, 9.17) is 4.42 Å². The summed E-state index contributed by atoms with van der Waals surface area (Å²) < 4.78 is 31.9. The number of aromatic nitrogens is 1. The van der Waals surface area contributed by atoms with Gasteiger partial charge in [-0.15, -0.1) is 0 Å². The minimum absolute atomic E-state index is 0.0989. The summed E-state index contributed by atoms with van der Waals surface area (Å²) in [4.78, 5) is 13.7. The molecule has 3 rings (SSSR count). The van der Waals surface area contributed by atoms with Crippen LogP contribution in [-0.2, 0) is 16.4 Å². The summed E-state index contributed by atoms with van der Waals surface area (Å²) in [6.45, 7) is 0.344. The molecule has 6 nitrogen and oxygen atoms in total. The molecule has 0 atom stereocenters. The fourth-order valence-electron chi connectivity index (χ4n) is 2.33. The molecular weight excluding hydrogens is 316 g/mol. The fourth-order valence-corrected chi connectivity index (χ4v) is 3.43. The van der Waals surface area contributed by atoms with Gasteiger partial charge in [0.05, 0.1) is 10.4 Å². The van der Waals surface area contributed by atoms with E-state index >= 15 is 0 Å². The van der Waals surface area contributed by atoms with Crippen LogP contribution in [0, 0.1) is 0 Å². The minimum Gasteiger partial charge on any atom is -0.408 e. The molecule has 3 aromatic rings. The average Bonchev–Trinajstić information content (AvgIpc) is 2.92. The van der Waals surface area contributed by atoms with E-state index in [0.29, 0.717) is 24.1 Å². The van der Waals surface area contributed by atoms with Crippen molar-refractivity contribution in [3.63, 3.8) is 0 Å². The predicted molar refractivity (Wildman–Crippen MR) is 86.8 cm³/mol. The van der Waals surface area contributed by atoms with Crippen molar-refractivity contribution in [1.29, 1.82) is 0 Å². The maximum Gasteiger partial charge on any atom is 0.417 e. The predicted octanol–water partition coefficient (Wildman–Crippen LogP) is 2.03. The quantitative estimate of drug-likeness (QED) is 0.676. The smallest absolute Gasteiger partial charge is 0.408 e. The third kappa shape index (κ3) is 3.69. The SMILES string of the molecule is O=c1[nH]c2cc(S(=O)(=O)NCCCc3ccccc3)ccc2o1. The lowest BCUT2D eigenvalue weighted by Gasteiger charge is -2.07. The fraction of sp³-hybridized carbons (Fsp3) is 0.188. The largest absolute Gasteiger partial charge is 0.417 e. The van der Waals surface area contributed by atoms with Crippen LogP contribution in [0.4, 0.5) is 0 Å². The van der Waals surface area contributed by atoms with Crippen molar-refractivity contribution in [3.05, 3.63) is 64.6 Å². The number of oxazole rings is 1. The molecule has 7 heteroatoms. The molecule has 0 spiro atoms. The molecule has 0 aliphatic carbocycles. The summed E-state index contributed by atoms with van der Waals surface area (Å²) in [5, 5.41) is 0. The Kier molecular flexibility index (Phi) is 4.31. The van der Waals surface area contributed by atoms with Gasteiger partial charge in [0.25, 0.3) is 0 Å². The molecule has 2 aromatic carbocycles. The van der Waals surface area contributed by atoms with Crippen LogP contribution in [0.15, 0.2) is 62.6 Å². The van der Waals surface area contributed by atoms with Crippen molar-refractivity contribution < 1.29 is 12.8 Å². The van der Waals surface area contributed by atoms with E-state index in [0.717, 1.165) is 6.42 Å². The Morgan fingerprint density at radius 2 is 1.87 bits per heavy atom. The van der Waals surface area contributed by atoms with Crippen LogP contribution in [0.25, 0.3) is 11.1 Å². The lowest BCUT2D eigenvalue weighted by Crippen LogP contribution is -2.25. The van der Waals surface area contributed by atoms with E-state index in [-0.39, 0.29) is 4.90 Å². The number of fused-ring (bicyclic) bond motifs is 1. The summed E-state index contributed by atoms with van der Waals surface area (Å²) in [6, 6.07) is 14.2.